The van der Waals surface area contributed by atoms with Crippen LogP contribution in [0.1, 0.15) is 65.7 Å². The highest BCUT2D eigenvalue weighted by Crippen LogP contribution is 2.32. The first-order valence-corrected chi connectivity index (χ1v) is 12.7. The van der Waals surface area contributed by atoms with Gasteiger partial charge in [-0.25, -0.2) is 4.79 Å². The van der Waals surface area contributed by atoms with Crippen molar-refractivity contribution in [2.24, 2.45) is 0 Å². The third-order valence-electron chi connectivity index (χ3n) is 6.49. The van der Waals surface area contributed by atoms with E-state index in [1.54, 1.807) is 12.1 Å². The minimum Gasteiger partial charge on any atom is -0.493 e. The second-order valence-electron chi connectivity index (χ2n) is 9.18. The van der Waals surface area contributed by atoms with Gasteiger partial charge in [-0.05, 0) is 55.0 Å². The Labute approximate surface area is 212 Å². The number of anilines is 1. The molecular weight excluding hydrogens is 452 g/mol. The summed E-state index contributed by atoms with van der Waals surface area (Å²) in [4.78, 5) is 27.3. The van der Waals surface area contributed by atoms with Gasteiger partial charge in [0.1, 0.15) is 11.3 Å². The molecule has 0 aliphatic carbocycles. The van der Waals surface area contributed by atoms with E-state index in [4.69, 9.17) is 4.74 Å². The Morgan fingerprint density at radius 3 is 2.42 bits per heavy atom. The van der Waals surface area contributed by atoms with Crippen molar-refractivity contribution in [3.63, 3.8) is 0 Å². The summed E-state index contributed by atoms with van der Waals surface area (Å²) in [6.45, 7) is 4.41. The lowest BCUT2D eigenvalue weighted by Crippen LogP contribution is -2.34. The molecule has 1 atom stereocenters. The van der Waals surface area contributed by atoms with Gasteiger partial charge < -0.3 is 20.1 Å². The monoisotopic (exact) mass is 486 g/mol. The number of nitrogens with one attached hydrogen (secondary N) is 1. The summed E-state index contributed by atoms with van der Waals surface area (Å²) in [7, 11) is 0. The molecule has 3 aromatic rings. The molecular formula is C30H34N2O4. The van der Waals surface area contributed by atoms with Crippen LogP contribution in [0.3, 0.4) is 0 Å². The third-order valence-corrected chi connectivity index (χ3v) is 6.49. The second-order valence-corrected chi connectivity index (χ2v) is 9.18. The van der Waals surface area contributed by atoms with Crippen molar-refractivity contribution in [3.05, 3.63) is 95.1 Å². The average Bonchev–Trinajstić information content (AvgIpc) is 2.91. The first-order valence-electron chi connectivity index (χ1n) is 12.7. The van der Waals surface area contributed by atoms with Gasteiger partial charge in [0.05, 0.1) is 19.1 Å². The van der Waals surface area contributed by atoms with Crippen molar-refractivity contribution in [2.75, 3.05) is 24.6 Å². The fourth-order valence-electron chi connectivity index (χ4n) is 4.72. The van der Waals surface area contributed by atoms with Gasteiger partial charge in [-0.15, -0.1) is 0 Å². The van der Waals surface area contributed by atoms with Gasteiger partial charge in [-0.1, -0.05) is 61.5 Å². The number of carbonyl (C=O) groups excluding carboxylic acids is 1. The van der Waals surface area contributed by atoms with E-state index in [2.05, 4.69) is 28.4 Å². The number of hydrogen-bond acceptors (Lipinski definition) is 4. The summed E-state index contributed by atoms with van der Waals surface area (Å²) >= 11 is 0. The largest absolute Gasteiger partial charge is 0.493 e. The Morgan fingerprint density at radius 1 is 0.972 bits per heavy atom. The van der Waals surface area contributed by atoms with Gasteiger partial charge in [0.2, 0.25) is 5.91 Å². The number of nitrogens with zero attached hydrogens (tertiary/aromatic N) is 1. The number of piperidine rings is 1. The highest BCUT2D eigenvalue weighted by atomic mass is 16.5. The lowest BCUT2D eigenvalue weighted by atomic mass is 9.95. The summed E-state index contributed by atoms with van der Waals surface area (Å²) in [5.74, 6) is -0.887. The molecule has 1 unspecified atom stereocenters. The van der Waals surface area contributed by atoms with Crippen molar-refractivity contribution in [2.45, 2.75) is 45.1 Å². The van der Waals surface area contributed by atoms with Gasteiger partial charge in [0.25, 0.3) is 0 Å². The molecule has 2 N–H and O–H groups in total. The van der Waals surface area contributed by atoms with E-state index in [0.29, 0.717) is 17.9 Å². The molecule has 1 heterocycles. The molecule has 1 amide bonds. The Hall–Kier alpha value is -3.80. The molecule has 3 aromatic carbocycles. The summed E-state index contributed by atoms with van der Waals surface area (Å²) in [5, 5.41) is 12.7. The Bertz CT molecular complexity index is 1170. The quantitative estimate of drug-likeness (QED) is 0.389. The Kier molecular flexibility index (Phi) is 8.61. The SMILES string of the molecule is CCCOc1cc(CC(=O)NC(c2ccccc2)c2ccccc2N2CCCCC2)ccc1C(=O)O. The zero-order valence-corrected chi connectivity index (χ0v) is 20.8. The summed E-state index contributed by atoms with van der Waals surface area (Å²) in [6, 6.07) is 22.9. The van der Waals surface area contributed by atoms with Crippen molar-refractivity contribution in [3.8, 4) is 5.75 Å². The molecule has 1 fully saturated rings. The average molecular weight is 487 g/mol. The van der Waals surface area contributed by atoms with Crippen LogP contribution in [-0.4, -0.2) is 36.7 Å². The normalized spacial score (nSPS) is 14.2. The van der Waals surface area contributed by atoms with Gasteiger partial charge >= 0.3 is 5.97 Å². The summed E-state index contributed by atoms with van der Waals surface area (Å²) in [6.07, 6.45) is 4.48. The molecule has 4 rings (SSSR count). The number of rotatable bonds is 10. The van der Waals surface area contributed by atoms with E-state index in [1.165, 1.54) is 25.3 Å². The fraction of sp³-hybridized carbons (Fsp3) is 0.333. The van der Waals surface area contributed by atoms with Gasteiger partial charge in [0.15, 0.2) is 0 Å². The number of para-hydroxylation sites is 1. The van der Waals surface area contributed by atoms with Crippen molar-refractivity contribution in [1.82, 2.24) is 5.32 Å². The first-order chi connectivity index (χ1) is 17.6. The maximum atomic E-state index is 13.3. The molecule has 0 bridgehead atoms. The van der Waals surface area contributed by atoms with E-state index in [0.717, 1.165) is 36.3 Å². The molecule has 1 aliphatic rings. The molecule has 188 valence electrons. The van der Waals surface area contributed by atoms with Gasteiger partial charge in [-0.3, -0.25) is 4.79 Å². The van der Waals surface area contributed by atoms with Crippen molar-refractivity contribution < 1.29 is 19.4 Å². The van der Waals surface area contributed by atoms with Crippen molar-refractivity contribution >= 4 is 17.6 Å². The summed E-state index contributed by atoms with van der Waals surface area (Å²) in [5.41, 5.74) is 4.06. The van der Waals surface area contributed by atoms with Crippen molar-refractivity contribution in [1.29, 1.82) is 0 Å². The van der Waals surface area contributed by atoms with E-state index in [9.17, 15) is 14.7 Å². The van der Waals surface area contributed by atoms with Crippen LogP contribution < -0.4 is 15.0 Å². The third kappa shape index (κ3) is 6.25. The number of ether oxygens (including phenoxy) is 1. The zero-order chi connectivity index (χ0) is 25.3. The van der Waals surface area contributed by atoms with Gasteiger partial charge in [0, 0.05) is 24.3 Å². The van der Waals surface area contributed by atoms with Crippen LogP contribution in [0.15, 0.2) is 72.8 Å². The van der Waals surface area contributed by atoms with E-state index in [1.807, 2.05) is 43.3 Å². The predicted molar refractivity (Wildman–Crippen MR) is 142 cm³/mol. The topological polar surface area (TPSA) is 78.9 Å². The number of amides is 1. The van der Waals surface area contributed by atoms with Crippen LogP contribution in [-0.2, 0) is 11.2 Å². The molecule has 0 saturated carbocycles. The van der Waals surface area contributed by atoms with Crippen LogP contribution in [0, 0.1) is 0 Å². The Balaban J connectivity index is 1.60. The number of carbonyl (C=O) groups is 2. The molecule has 36 heavy (non-hydrogen) atoms. The minimum absolute atomic E-state index is 0.102. The maximum absolute atomic E-state index is 13.3. The molecule has 0 radical (unpaired) electrons. The molecule has 0 aromatic heterocycles. The van der Waals surface area contributed by atoms with Crippen LogP contribution in [0.25, 0.3) is 0 Å². The standard InChI is InChI=1S/C30H34N2O4/c1-2-19-36-27-20-22(15-16-25(27)30(34)35)21-28(33)31-29(23-11-5-3-6-12-23)24-13-7-8-14-26(24)32-17-9-4-10-18-32/h3,5-8,11-16,20,29H,2,4,9-10,17-19,21H2,1H3,(H,31,33)(H,34,35). The molecule has 1 aliphatic heterocycles. The van der Waals surface area contributed by atoms with Gasteiger partial charge in [-0.2, -0.15) is 0 Å². The van der Waals surface area contributed by atoms with Crippen LogP contribution >= 0.6 is 0 Å². The lowest BCUT2D eigenvalue weighted by Gasteiger charge is -2.33. The molecule has 6 heteroatoms. The second kappa shape index (κ2) is 12.2. The molecule has 0 spiro atoms. The van der Waals surface area contributed by atoms with E-state index >= 15 is 0 Å². The molecule has 6 nitrogen and oxygen atoms in total. The van der Waals surface area contributed by atoms with Crippen LogP contribution in [0.4, 0.5) is 5.69 Å². The number of carboxylic acids is 1. The maximum Gasteiger partial charge on any atom is 0.339 e. The lowest BCUT2D eigenvalue weighted by molar-refractivity contribution is -0.120. The smallest absolute Gasteiger partial charge is 0.339 e. The summed E-state index contributed by atoms with van der Waals surface area (Å²) < 4.78 is 5.65. The van der Waals surface area contributed by atoms with Crippen LogP contribution in [0.5, 0.6) is 5.75 Å². The number of aromatic carboxylic acids is 1. The highest BCUT2D eigenvalue weighted by Gasteiger charge is 2.23. The fourth-order valence-corrected chi connectivity index (χ4v) is 4.72. The minimum atomic E-state index is -1.05. The van der Waals surface area contributed by atoms with E-state index < -0.39 is 5.97 Å². The number of benzene rings is 3. The first kappa shape index (κ1) is 25.3. The van der Waals surface area contributed by atoms with E-state index in [-0.39, 0.29) is 23.9 Å². The van der Waals surface area contributed by atoms with Crippen LogP contribution in [0.2, 0.25) is 0 Å². The Morgan fingerprint density at radius 2 is 1.69 bits per heavy atom. The zero-order valence-electron chi connectivity index (χ0n) is 20.8. The molecule has 1 saturated heterocycles. The highest BCUT2D eigenvalue weighted by molar-refractivity contribution is 5.91. The number of hydrogen-bond donors (Lipinski definition) is 2. The number of carboxylic acid groups (broad SMARTS) is 1. The predicted octanol–water partition coefficient (Wildman–Crippen LogP) is 5.61.